The van der Waals surface area contributed by atoms with Crippen molar-refractivity contribution in [1.82, 2.24) is 5.32 Å². The summed E-state index contributed by atoms with van der Waals surface area (Å²) >= 11 is 0. The average molecular weight is 345 g/mol. The summed E-state index contributed by atoms with van der Waals surface area (Å²) in [4.78, 5) is 12.4. The summed E-state index contributed by atoms with van der Waals surface area (Å²) in [6, 6.07) is 12.5. The van der Waals surface area contributed by atoms with Gasteiger partial charge in [-0.25, -0.2) is 4.39 Å². The van der Waals surface area contributed by atoms with Crippen molar-refractivity contribution < 1.29 is 23.4 Å². The summed E-state index contributed by atoms with van der Waals surface area (Å²) in [6.07, 6.45) is 0.335. The molecule has 1 N–H and O–H groups in total. The highest BCUT2D eigenvalue weighted by Gasteiger charge is 2.29. The fraction of sp³-hybridized carbons (Fsp3) is 0.316. The Labute approximate surface area is 145 Å². The quantitative estimate of drug-likeness (QED) is 0.905. The molecular formula is C19H20FNO4. The monoisotopic (exact) mass is 345 g/mol. The largest absolute Gasteiger partial charge is 0.497 e. The van der Waals surface area contributed by atoms with Gasteiger partial charge in [0.2, 0.25) is 0 Å². The maximum atomic E-state index is 13.3. The maximum absolute atomic E-state index is 13.3. The zero-order valence-corrected chi connectivity index (χ0v) is 13.9. The van der Waals surface area contributed by atoms with Crippen molar-refractivity contribution in [3.05, 3.63) is 59.9 Å². The van der Waals surface area contributed by atoms with E-state index < -0.39 is 0 Å². The van der Waals surface area contributed by atoms with Crippen LogP contribution in [0.25, 0.3) is 0 Å². The number of halogens is 1. The first-order valence-corrected chi connectivity index (χ1v) is 8.10. The van der Waals surface area contributed by atoms with Crippen LogP contribution in [-0.4, -0.2) is 38.4 Å². The molecule has 1 amide bonds. The van der Waals surface area contributed by atoms with Crippen LogP contribution < -0.4 is 14.8 Å². The van der Waals surface area contributed by atoms with Crippen LogP contribution in [-0.2, 0) is 4.74 Å². The Bertz CT molecular complexity index is 720. The predicted octanol–water partition coefficient (Wildman–Crippen LogP) is 2.80. The second-order valence-corrected chi connectivity index (χ2v) is 5.79. The minimum Gasteiger partial charge on any atom is -0.497 e. The summed E-state index contributed by atoms with van der Waals surface area (Å²) in [5.74, 6) is 0.551. The van der Waals surface area contributed by atoms with Gasteiger partial charge in [0.1, 0.15) is 23.4 Å². The van der Waals surface area contributed by atoms with E-state index in [1.165, 1.54) is 12.1 Å². The number of hydrogen-bond acceptors (Lipinski definition) is 4. The number of benzene rings is 2. The molecule has 0 spiro atoms. The van der Waals surface area contributed by atoms with E-state index in [-0.39, 0.29) is 23.9 Å². The molecule has 1 saturated heterocycles. The van der Waals surface area contributed by atoms with Crippen molar-refractivity contribution in [1.29, 1.82) is 0 Å². The summed E-state index contributed by atoms with van der Waals surface area (Å²) in [7, 11) is 1.57. The number of rotatable bonds is 5. The number of amides is 1. The van der Waals surface area contributed by atoms with Crippen LogP contribution in [0.4, 0.5) is 4.39 Å². The van der Waals surface area contributed by atoms with Crippen LogP contribution in [0, 0.1) is 5.82 Å². The third-order valence-corrected chi connectivity index (χ3v) is 4.05. The molecule has 3 rings (SSSR count). The van der Waals surface area contributed by atoms with E-state index in [1.807, 2.05) is 0 Å². The van der Waals surface area contributed by atoms with Gasteiger partial charge in [-0.3, -0.25) is 4.79 Å². The summed E-state index contributed by atoms with van der Waals surface area (Å²) in [6.45, 7) is 0.886. The molecule has 1 aliphatic heterocycles. The molecule has 0 aliphatic carbocycles. The van der Waals surface area contributed by atoms with E-state index in [0.29, 0.717) is 36.7 Å². The fourth-order valence-electron chi connectivity index (χ4n) is 2.70. The number of hydrogen-bond donors (Lipinski definition) is 1. The lowest BCUT2D eigenvalue weighted by atomic mass is 10.1. The van der Waals surface area contributed by atoms with Gasteiger partial charge in [-0.15, -0.1) is 0 Å². The van der Waals surface area contributed by atoms with E-state index in [9.17, 15) is 9.18 Å². The molecule has 0 saturated carbocycles. The van der Waals surface area contributed by atoms with E-state index in [2.05, 4.69) is 5.32 Å². The Kier molecular flexibility index (Phi) is 5.50. The molecule has 25 heavy (non-hydrogen) atoms. The van der Waals surface area contributed by atoms with Crippen LogP contribution in [0.15, 0.2) is 48.5 Å². The van der Waals surface area contributed by atoms with Gasteiger partial charge < -0.3 is 19.5 Å². The highest BCUT2D eigenvalue weighted by Crippen LogP contribution is 2.20. The van der Waals surface area contributed by atoms with Gasteiger partial charge >= 0.3 is 0 Å². The smallest absolute Gasteiger partial charge is 0.251 e. The zero-order valence-electron chi connectivity index (χ0n) is 13.9. The minimum absolute atomic E-state index is 0.217. The van der Waals surface area contributed by atoms with Crippen molar-refractivity contribution in [3.8, 4) is 11.5 Å². The van der Waals surface area contributed by atoms with Crippen LogP contribution in [0.2, 0.25) is 0 Å². The second kappa shape index (κ2) is 7.98. The first kappa shape index (κ1) is 17.2. The molecule has 0 unspecified atom stereocenters. The molecule has 2 aromatic rings. The lowest BCUT2D eigenvalue weighted by Crippen LogP contribution is -2.51. The molecule has 1 fully saturated rings. The standard InChI is InChI=1S/C19H20FNO4/c1-23-15-7-5-13(6-8-15)19(22)21-17-12-24-10-9-18(17)25-16-4-2-3-14(20)11-16/h2-8,11,17-18H,9-10,12H2,1H3,(H,21,22)/t17-,18+/m1/s1. The van der Waals surface area contributed by atoms with Crippen LogP contribution in [0.1, 0.15) is 16.8 Å². The molecule has 0 aromatic heterocycles. The van der Waals surface area contributed by atoms with Gasteiger partial charge in [0.05, 0.1) is 26.4 Å². The van der Waals surface area contributed by atoms with Crippen LogP contribution in [0.3, 0.4) is 0 Å². The summed E-state index contributed by atoms with van der Waals surface area (Å²) in [5, 5.41) is 2.93. The number of nitrogens with one attached hydrogen (secondary N) is 1. The molecule has 2 aromatic carbocycles. The lowest BCUT2D eigenvalue weighted by molar-refractivity contribution is -0.00297. The Morgan fingerprint density at radius 1 is 1.20 bits per heavy atom. The Hall–Kier alpha value is -2.60. The van der Waals surface area contributed by atoms with E-state index in [4.69, 9.17) is 14.2 Å². The summed E-state index contributed by atoms with van der Waals surface area (Å²) < 4.78 is 29.7. The number of methoxy groups -OCH3 is 1. The first-order chi connectivity index (χ1) is 12.2. The molecule has 1 heterocycles. The predicted molar refractivity (Wildman–Crippen MR) is 90.5 cm³/mol. The second-order valence-electron chi connectivity index (χ2n) is 5.79. The van der Waals surface area contributed by atoms with Crippen molar-refractivity contribution in [2.24, 2.45) is 0 Å². The average Bonchev–Trinajstić information content (AvgIpc) is 2.63. The van der Waals surface area contributed by atoms with E-state index in [1.54, 1.807) is 43.5 Å². The number of ether oxygens (including phenoxy) is 3. The van der Waals surface area contributed by atoms with E-state index >= 15 is 0 Å². The number of carbonyl (C=O) groups is 1. The van der Waals surface area contributed by atoms with Gasteiger partial charge in [-0.1, -0.05) is 6.07 Å². The van der Waals surface area contributed by atoms with Crippen LogP contribution in [0.5, 0.6) is 11.5 Å². The number of carbonyl (C=O) groups excluding carboxylic acids is 1. The molecule has 1 aliphatic rings. The van der Waals surface area contributed by atoms with Crippen molar-refractivity contribution >= 4 is 5.91 Å². The summed E-state index contributed by atoms with van der Waals surface area (Å²) in [5.41, 5.74) is 0.524. The lowest BCUT2D eigenvalue weighted by Gasteiger charge is -2.32. The third kappa shape index (κ3) is 4.48. The molecular weight excluding hydrogens is 325 g/mol. The van der Waals surface area contributed by atoms with Crippen molar-refractivity contribution in [2.45, 2.75) is 18.6 Å². The molecule has 2 atom stereocenters. The highest BCUT2D eigenvalue weighted by molar-refractivity contribution is 5.94. The Morgan fingerprint density at radius 3 is 2.72 bits per heavy atom. The first-order valence-electron chi connectivity index (χ1n) is 8.10. The van der Waals surface area contributed by atoms with Crippen LogP contribution >= 0.6 is 0 Å². The Morgan fingerprint density at radius 2 is 2.00 bits per heavy atom. The van der Waals surface area contributed by atoms with Gasteiger partial charge in [0.15, 0.2) is 0 Å². The third-order valence-electron chi connectivity index (χ3n) is 4.05. The SMILES string of the molecule is COc1ccc(C(=O)N[C@@H]2COCC[C@@H]2Oc2cccc(F)c2)cc1. The van der Waals surface area contributed by atoms with Gasteiger partial charge in [0.25, 0.3) is 5.91 Å². The van der Waals surface area contributed by atoms with E-state index in [0.717, 1.165) is 0 Å². The molecule has 0 radical (unpaired) electrons. The topological polar surface area (TPSA) is 56.8 Å². The van der Waals surface area contributed by atoms with Gasteiger partial charge in [-0.05, 0) is 36.4 Å². The van der Waals surface area contributed by atoms with Gasteiger partial charge in [0, 0.05) is 18.1 Å². The molecule has 0 bridgehead atoms. The normalized spacial score (nSPS) is 19.9. The molecule has 5 nitrogen and oxygen atoms in total. The van der Waals surface area contributed by atoms with Crippen molar-refractivity contribution in [3.63, 3.8) is 0 Å². The fourth-order valence-corrected chi connectivity index (χ4v) is 2.70. The molecule has 6 heteroatoms. The Balaban J connectivity index is 1.66. The molecule has 132 valence electrons. The highest BCUT2D eigenvalue weighted by atomic mass is 19.1. The minimum atomic E-state index is -0.358. The van der Waals surface area contributed by atoms with Crippen molar-refractivity contribution in [2.75, 3.05) is 20.3 Å². The van der Waals surface area contributed by atoms with Gasteiger partial charge in [-0.2, -0.15) is 0 Å². The maximum Gasteiger partial charge on any atom is 0.251 e. The zero-order chi connectivity index (χ0) is 17.6.